The van der Waals surface area contributed by atoms with Gasteiger partial charge in [0.1, 0.15) is 4.88 Å². The number of piperidine rings is 1. The average Bonchev–Trinajstić information content (AvgIpc) is 2.69. The van der Waals surface area contributed by atoms with E-state index >= 15 is 0 Å². The molecule has 8 heteroatoms. The van der Waals surface area contributed by atoms with E-state index in [1.165, 1.54) is 0 Å². The van der Waals surface area contributed by atoms with Crippen LogP contribution < -0.4 is 4.90 Å². The van der Waals surface area contributed by atoms with Gasteiger partial charge in [0.2, 0.25) is 0 Å². The summed E-state index contributed by atoms with van der Waals surface area (Å²) in [5.41, 5.74) is 0. The van der Waals surface area contributed by atoms with Gasteiger partial charge in [-0.25, -0.2) is 4.98 Å². The molecule has 2 rings (SSSR count). The van der Waals surface area contributed by atoms with Gasteiger partial charge in [0.05, 0.1) is 5.92 Å². The third-order valence-electron chi connectivity index (χ3n) is 2.93. The molecule has 0 aliphatic carbocycles. The SMILES string of the molecule is O=Cc1sc(N2CCC(C(F)(F)F)CC2)nc1Cl. The van der Waals surface area contributed by atoms with Crippen LogP contribution in [0.15, 0.2) is 0 Å². The van der Waals surface area contributed by atoms with E-state index in [1.54, 1.807) is 4.90 Å². The summed E-state index contributed by atoms with van der Waals surface area (Å²) in [7, 11) is 0. The predicted octanol–water partition coefficient (Wildman–Crippen LogP) is 3.39. The van der Waals surface area contributed by atoms with Gasteiger partial charge >= 0.3 is 6.18 Å². The highest BCUT2D eigenvalue weighted by atomic mass is 35.5. The van der Waals surface area contributed by atoms with Crippen LogP contribution in [-0.4, -0.2) is 30.5 Å². The fraction of sp³-hybridized carbons (Fsp3) is 0.600. The summed E-state index contributed by atoms with van der Waals surface area (Å²) in [4.78, 5) is 16.7. The Morgan fingerprint density at radius 3 is 2.44 bits per heavy atom. The number of hydrogen-bond donors (Lipinski definition) is 0. The van der Waals surface area contributed by atoms with Crippen molar-refractivity contribution in [3.05, 3.63) is 10.0 Å². The van der Waals surface area contributed by atoms with Crippen molar-refractivity contribution in [3.63, 3.8) is 0 Å². The normalized spacial score (nSPS) is 18.1. The van der Waals surface area contributed by atoms with Crippen molar-refractivity contribution in [2.75, 3.05) is 18.0 Å². The van der Waals surface area contributed by atoms with Crippen LogP contribution >= 0.6 is 22.9 Å². The first-order chi connectivity index (χ1) is 8.41. The summed E-state index contributed by atoms with van der Waals surface area (Å²) >= 11 is 6.84. The lowest BCUT2D eigenvalue weighted by Gasteiger charge is -2.32. The molecule has 0 amide bonds. The quantitative estimate of drug-likeness (QED) is 0.785. The van der Waals surface area contributed by atoms with Crippen molar-refractivity contribution in [2.45, 2.75) is 19.0 Å². The van der Waals surface area contributed by atoms with Gasteiger partial charge in [-0.05, 0) is 12.8 Å². The summed E-state index contributed by atoms with van der Waals surface area (Å²) < 4.78 is 37.5. The summed E-state index contributed by atoms with van der Waals surface area (Å²) in [6.07, 6.45) is -3.42. The average molecular weight is 299 g/mol. The minimum Gasteiger partial charge on any atom is -0.348 e. The second kappa shape index (κ2) is 5.05. The number of thiazole rings is 1. The van der Waals surface area contributed by atoms with Gasteiger partial charge in [-0.15, -0.1) is 0 Å². The van der Waals surface area contributed by atoms with Gasteiger partial charge in [0.25, 0.3) is 0 Å². The van der Waals surface area contributed by atoms with Crippen LogP contribution in [0.2, 0.25) is 5.15 Å². The van der Waals surface area contributed by atoms with Crippen LogP contribution in [0.25, 0.3) is 0 Å². The molecule has 1 saturated heterocycles. The number of hydrogen-bond acceptors (Lipinski definition) is 4. The third-order valence-corrected chi connectivity index (χ3v) is 4.38. The Morgan fingerprint density at radius 2 is 2.00 bits per heavy atom. The standard InChI is InChI=1S/C10H10ClF3N2OS/c11-8-7(5-17)18-9(15-8)16-3-1-6(2-4-16)10(12,13)14/h5-6H,1-4H2. The number of nitrogens with zero attached hydrogens (tertiary/aromatic N) is 2. The minimum atomic E-state index is -4.12. The molecule has 0 N–H and O–H groups in total. The maximum Gasteiger partial charge on any atom is 0.391 e. The molecule has 0 aromatic carbocycles. The first kappa shape index (κ1) is 13.6. The van der Waals surface area contributed by atoms with E-state index in [0.29, 0.717) is 16.3 Å². The van der Waals surface area contributed by atoms with Gasteiger partial charge in [-0.2, -0.15) is 13.2 Å². The zero-order valence-electron chi connectivity index (χ0n) is 9.21. The van der Waals surface area contributed by atoms with Crippen LogP contribution in [-0.2, 0) is 0 Å². The molecule has 18 heavy (non-hydrogen) atoms. The van der Waals surface area contributed by atoms with Gasteiger partial charge in [0.15, 0.2) is 16.6 Å². The molecule has 1 aromatic rings. The van der Waals surface area contributed by atoms with Gasteiger partial charge in [-0.3, -0.25) is 4.79 Å². The molecule has 1 aliphatic heterocycles. The molecule has 0 bridgehead atoms. The van der Waals surface area contributed by atoms with Crippen molar-refractivity contribution in [1.82, 2.24) is 4.98 Å². The summed E-state index contributed by atoms with van der Waals surface area (Å²) in [5.74, 6) is -1.24. The van der Waals surface area contributed by atoms with E-state index in [9.17, 15) is 18.0 Å². The zero-order valence-corrected chi connectivity index (χ0v) is 10.8. The van der Waals surface area contributed by atoms with Gasteiger partial charge in [0, 0.05) is 13.1 Å². The number of carbonyl (C=O) groups is 1. The largest absolute Gasteiger partial charge is 0.391 e. The Kier molecular flexibility index (Phi) is 3.82. The first-order valence-electron chi connectivity index (χ1n) is 5.35. The van der Waals surface area contributed by atoms with E-state index < -0.39 is 12.1 Å². The van der Waals surface area contributed by atoms with E-state index in [1.807, 2.05) is 0 Å². The number of alkyl halides is 3. The van der Waals surface area contributed by atoms with Crippen molar-refractivity contribution >= 4 is 34.4 Å². The molecule has 2 heterocycles. The topological polar surface area (TPSA) is 33.2 Å². The maximum absolute atomic E-state index is 12.5. The van der Waals surface area contributed by atoms with Crippen molar-refractivity contribution in [2.24, 2.45) is 5.92 Å². The number of aldehydes is 1. The molecule has 100 valence electrons. The van der Waals surface area contributed by atoms with Crippen LogP contribution in [0.1, 0.15) is 22.5 Å². The summed E-state index contributed by atoms with van der Waals surface area (Å²) in [5, 5.41) is 0.630. The Hall–Kier alpha value is -0.820. The lowest BCUT2D eigenvalue weighted by atomic mass is 9.97. The number of rotatable bonds is 2. The first-order valence-corrected chi connectivity index (χ1v) is 6.54. The lowest BCUT2D eigenvalue weighted by molar-refractivity contribution is -0.179. The molecule has 0 spiro atoms. The summed E-state index contributed by atoms with van der Waals surface area (Å²) in [6.45, 7) is 0.568. The lowest BCUT2D eigenvalue weighted by Crippen LogP contribution is -2.38. The molecular weight excluding hydrogens is 289 g/mol. The zero-order chi connectivity index (χ0) is 13.3. The van der Waals surface area contributed by atoms with E-state index in [-0.39, 0.29) is 31.1 Å². The number of aromatic nitrogens is 1. The van der Waals surface area contributed by atoms with Crippen molar-refractivity contribution < 1.29 is 18.0 Å². The van der Waals surface area contributed by atoms with E-state index in [2.05, 4.69) is 4.98 Å². The Balaban J connectivity index is 2.03. The van der Waals surface area contributed by atoms with Crippen molar-refractivity contribution in [3.8, 4) is 0 Å². The van der Waals surface area contributed by atoms with Crippen LogP contribution in [0.5, 0.6) is 0 Å². The Bertz CT molecular complexity index is 441. The monoisotopic (exact) mass is 298 g/mol. The highest BCUT2D eigenvalue weighted by Gasteiger charge is 2.41. The number of anilines is 1. The fourth-order valence-corrected chi connectivity index (χ4v) is 3.02. The van der Waals surface area contributed by atoms with Crippen LogP contribution in [0.3, 0.4) is 0 Å². The highest BCUT2D eigenvalue weighted by Crippen LogP contribution is 2.37. The summed E-state index contributed by atoms with van der Waals surface area (Å²) in [6, 6.07) is 0. The van der Waals surface area contributed by atoms with Crippen LogP contribution in [0.4, 0.5) is 18.3 Å². The fourth-order valence-electron chi connectivity index (χ4n) is 1.91. The molecular formula is C10H10ClF3N2OS. The third kappa shape index (κ3) is 2.77. The Labute approximate surface area is 111 Å². The van der Waals surface area contributed by atoms with Crippen LogP contribution in [0, 0.1) is 5.92 Å². The van der Waals surface area contributed by atoms with Crippen molar-refractivity contribution in [1.29, 1.82) is 0 Å². The van der Waals surface area contributed by atoms with E-state index in [4.69, 9.17) is 11.6 Å². The maximum atomic E-state index is 12.5. The number of halogens is 4. The van der Waals surface area contributed by atoms with E-state index in [0.717, 1.165) is 11.3 Å². The highest BCUT2D eigenvalue weighted by molar-refractivity contribution is 7.17. The molecule has 3 nitrogen and oxygen atoms in total. The smallest absolute Gasteiger partial charge is 0.348 e. The number of carbonyl (C=O) groups excluding carboxylic acids is 1. The second-order valence-corrected chi connectivity index (χ2v) is 5.44. The predicted molar refractivity (Wildman–Crippen MR) is 63.5 cm³/mol. The molecule has 0 unspecified atom stereocenters. The Morgan fingerprint density at radius 1 is 1.39 bits per heavy atom. The molecule has 1 fully saturated rings. The molecule has 0 radical (unpaired) electrons. The molecule has 1 aliphatic rings. The minimum absolute atomic E-state index is 0.0527. The second-order valence-electron chi connectivity index (χ2n) is 4.07. The molecule has 0 atom stereocenters. The van der Waals surface area contributed by atoms with Gasteiger partial charge in [-0.1, -0.05) is 22.9 Å². The molecule has 1 aromatic heterocycles. The van der Waals surface area contributed by atoms with Gasteiger partial charge < -0.3 is 4.90 Å². The molecule has 0 saturated carbocycles.